The average molecular weight is 323 g/mol. The molecule has 0 aromatic heterocycles. The predicted molar refractivity (Wildman–Crippen MR) is 91.2 cm³/mol. The van der Waals surface area contributed by atoms with Gasteiger partial charge in [0, 0.05) is 30.0 Å². The van der Waals surface area contributed by atoms with E-state index in [1.165, 1.54) is 4.90 Å². The van der Waals surface area contributed by atoms with Crippen LogP contribution in [0.15, 0.2) is 54.6 Å². The highest BCUT2D eigenvalue weighted by Crippen LogP contribution is 2.19. The quantitative estimate of drug-likeness (QED) is 0.882. The fraction of sp³-hybridized carbons (Fsp3) is 0.167. The van der Waals surface area contributed by atoms with E-state index in [1.54, 1.807) is 41.3 Å². The number of carbonyl (C=O) groups is 3. The number of nitrogens with one attached hydrogen (secondary N) is 1. The van der Waals surface area contributed by atoms with Gasteiger partial charge in [-0.25, -0.2) is 4.79 Å². The molecule has 122 valence electrons. The fourth-order valence-corrected chi connectivity index (χ4v) is 2.61. The van der Waals surface area contributed by atoms with Gasteiger partial charge >= 0.3 is 6.03 Å². The molecular formula is C18H17N3O3. The van der Waals surface area contributed by atoms with Crippen LogP contribution in [0.1, 0.15) is 10.4 Å². The van der Waals surface area contributed by atoms with E-state index in [4.69, 9.17) is 0 Å². The van der Waals surface area contributed by atoms with Gasteiger partial charge in [-0.05, 0) is 24.3 Å². The largest absolute Gasteiger partial charge is 0.322 e. The highest BCUT2D eigenvalue weighted by molar-refractivity contribution is 6.00. The van der Waals surface area contributed by atoms with Gasteiger partial charge in [-0.15, -0.1) is 0 Å². The standard InChI is InChI=1S/C18H17N3O3/c22-13-14-5-4-8-16(11-14)21-10-9-20(12-17(21)23)18(24)19-15-6-2-1-3-7-15/h1-8,11,13H,9-10,12H2,(H,19,24). The molecule has 0 saturated carbocycles. The Hall–Kier alpha value is -3.15. The minimum Gasteiger partial charge on any atom is -0.313 e. The molecule has 6 heteroatoms. The molecule has 3 amide bonds. The summed E-state index contributed by atoms with van der Waals surface area (Å²) in [5.74, 6) is -0.174. The number of hydrogen-bond acceptors (Lipinski definition) is 3. The van der Waals surface area contributed by atoms with Gasteiger partial charge in [0.25, 0.3) is 0 Å². The average Bonchev–Trinajstić information content (AvgIpc) is 2.62. The van der Waals surface area contributed by atoms with Crippen molar-refractivity contribution in [2.24, 2.45) is 0 Å². The predicted octanol–water partition coefficient (Wildman–Crippen LogP) is 2.38. The van der Waals surface area contributed by atoms with Crippen LogP contribution in [0.5, 0.6) is 0 Å². The summed E-state index contributed by atoms with van der Waals surface area (Å²) in [5, 5.41) is 2.77. The third-order valence-electron chi connectivity index (χ3n) is 3.85. The zero-order chi connectivity index (χ0) is 16.9. The summed E-state index contributed by atoms with van der Waals surface area (Å²) < 4.78 is 0. The molecule has 6 nitrogen and oxygen atoms in total. The molecule has 2 aromatic rings. The van der Waals surface area contributed by atoms with Crippen LogP contribution >= 0.6 is 0 Å². The zero-order valence-electron chi connectivity index (χ0n) is 13.0. The van der Waals surface area contributed by atoms with Crippen LogP contribution in [-0.2, 0) is 4.79 Å². The number of nitrogens with zero attached hydrogens (tertiary/aromatic N) is 2. The molecule has 0 aliphatic carbocycles. The number of hydrogen-bond donors (Lipinski definition) is 1. The lowest BCUT2D eigenvalue weighted by Gasteiger charge is -2.34. The van der Waals surface area contributed by atoms with Crippen LogP contribution in [-0.4, -0.2) is 42.8 Å². The molecular weight excluding hydrogens is 306 g/mol. The lowest BCUT2D eigenvalue weighted by atomic mass is 10.2. The number of rotatable bonds is 3. The van der Waals surface area contributed by atoms with Crippen molar-refractivity contribution in [3.05, 3.63) is 60.2 Å². The number of benzene rings is 2. The van der Waals surface area contributed by atoms with E-state index < -0.39 is 0 Å². The van der Waals surface area contributed by atoms with E-state index in [1.807, 2.05) is 18.2 Å². The Morgan fingerprint density at radius 2 is 1.83 bits per heavy atom. The zero-order valence-corrected chi connectivity index (χ0v) is 13.0. The number of para-hydroxylation sites is 1. The number of carbonyl (C=O) groups excluding carboxylic acids is 3. The Kier molecular flexibility index (Phi) is 4.56. The van der Waals surface area contributed by atoms with Crippen molar-refractivity contribution in [1.82, 2.24) is 4.90 Å². The van der Waals surface area contributed by atoms with E-state index in [-0.39, 0.29) is 18.5 Å². The molecule has 1 aliphatic rings. The Labute approximate surface area is 139 Å². The van der Waals surface area contributed by atoms with Crippen molar-refractivity contribution >= 4 is 29.6 Å². The Morgan fingerprint density at radius 3 is 2.54 bits per heavy atom. The minimum absolute atomic E-state index is 0.00395. The van der Waals surface area contributed by atoms with Crippen molar-refractivity contribution in [1.29, 1.82) is 0 Å². The summed E-state index contributed by atoms with van der Waals surface area (Å²) >= 11 is 0. The SMILES string of the molecule is O=Cc1cccc(N2CCN(C(=O)Nc3ccccc3)CC2=O)c1. The van der Waals surface area contributed by atoms with Gasteiger partial charge in [0.15, 0.2) is 0 Å². The van der Waals surface area contributed by atoms with Crippen molar-refractivity contribution < 1.29 is 14.4 Å². The molecule has 1 aliphatic heterocycles. The number of urea groups is 1. The van der Waals surface area contributed by atoms with E-state index in [9.17, 15) is 14.4 Å². The van der Waals surface area contributed by atoms with Crippen molar-refractivity contribution in [2.75, 3.05) is 29.9 Å². The summed E-state index contributed by atoms with van der Waals surface area (Å²) in [5.41, 5.74) is 1.88. The highest BCUT2D eigenvalue weighted by Gasteiger charge is 2.28. The monoisotopic (exact) mass is 323 g/mol. The summed E-state index contributed by atoms with van der Waals surface area (Å²) in [6.07, 6.45) is 0.748. The Balaban J connectivity index is 1.65. The third-order valence-corrected chi connectivity index (χ3v) is 3.85. The first-order valence-electron chi connectivity index (χ1n) is 7.64. The second kappa shape index (κ2) is 6.95. The van der Waals surface area contributed by atoms with Crippen LogP contribution in [0.25, 0.3) is 0 Å². The van der Waals surface area contributed by atoms with Crippen LogP contribution in [0.4, 0.5) is 16.2 Å². The van der Waals surface area contributed by atoms with Gasteiger partial charge in [-0.1, -0.05) is 30.3 Å². The Bertz CT molecular complexity index is 761. The van der Waals surface area contributed by atoms with E-state index >= 15 is 0 Å². The first-order valence-corrected chi connectivity index (χ1v) is 7.64. The topological polar surface area (TPSA) is 69.7 Å². The van der Waals surface area contributed by atoms with Crippen molar-refractivity contribution in [3.63, 3.8) is 0 Å². The van der Waals surface area contributed by atoms with E-state index in [0.717, 1.165) is 6.29 Å². The fourth-order valence-electron chi connectivity index (χ4n) is 2.61. The summed E-state index contributed by atoms with van der Waals surface area (Å²) in [6.45, 7) is 0.822. The maximum absolute atomic E-state index is 12.4. The lowest BCUT2D eigenvalue weighted by molar-refractivity contribution is -0.120. The first-order chi connectivity index (χ1) is 11.7. The maximum Gasteiger partial charge on any atom is 0.322 e. The summed E-state index contributed by atoms with van der Waals surface area (Å²) in [6, 6.07) is 15.7. The van der Waals surface area contributed by atoms with Gasteiger partial charge in [0.1, 0.15) is 12.8 Å². The number of anilines is 2. The molecule has 0 bridgehead atoms. The molecule has 1 N–H and O–H groups in total. The number of piperazine rings is 1. The molecule has 0 spiro atoms. The normalized spacial score (nSPS) is 14.4. The molecule has 0 atom stereocenters. The number of aldehydes is 1. The highest BCUT2D eigenvalue weighted by atomic mass is 16.2. The second-order valence-electron chi connectivity index (χ2n) is 5.48. The van der Waals surface area contributed by atoms with Crippen LogP contribution in [0, 0.1) is 0 Å². The lowest BCUT2D eigenvalue weighted by Crippen LogP contribution is -2.53. The Morgan fingerprint density at radius 1 is 1.04 bits per heavy atom. The number of amides is 3. The van der Waals surface area contributed by atoms with E-state index in [2.05, 4.69) is 5.32 Å². The first kappa shape index (κ1) is 15.7. The molecule has 1 heterocycles. The van der Waals surface area contributed by atoms with Gasteiger partial charge in [-0.3, -0.25) is 9.59 Å². The summed E-state index contributed by atoms with van der Waals surface area (Å²) in [7, 11) is 0. The van der Waals surface area contributed by atoms with Gasteiger partial charge < -0.3 is 15.1 Å². The van der Waals surface area contributed by atoms with Crippen LogP contribution in [0.2, 0.25) is 0 Å². The molecule has 3 rings (SSSR count). The third kappa shape index (κ3) is 3.43. The molecule has 24 heavy (non-hydrogen) atoms. The van der Waals surface area contributed by atoms with Gasteiger partial charge in [0.05, 0.1) is 0 Å². The molecule has 1 fully saturated rings. The second-order valence-corrected chi connectivity index (χ2v) is 5.48. The van der Waals surface area contributed by atoms with Crippen molar-refractivity contribution in [3.8, 4) is 0 Å². The molecule has 0 radical (unpaired) electrons. The summed E-state index contributed by atoms with van der Waals surface area (Å²) in [4.78, 5) is 38.6. The van der Waals surface area contributed by atoms with Gasteiger partial charge in [-0.2, -0.15) is 0 Å². The van der Waals surface area contributed by atoms with Crippen molar-refractivity contribution in [2.45, 2.75) is 0 Å². The molecule has 2 aromatic carbocycles. The van der Waals surface area contributed by atoms with E-state index in [0.29, 0.717) is 30.0 Å². The minimum atomic E-state index is -0.296. The van der Waals surface area contributed by atoms with Gasteiger partial charge in [0.2, 0.25) is 5.91 Å². The molecule has 0 unspecified atom stereocenters. The molecule has 1 saturated heterocycles. The maximum atomic E-state index is 12.4. The van der Waals surface area contributed by atoms with Crippen LogP contribution < -0.4 is 10.2 Å². The smallest absolute Gasteiger partial charge is 0.313 e. The van der Waals surface area contributed by atoms with Crippen LogP contribution in [0.3, 0.4) is 0 Å².